The lowest BCUT2D eigenvalue weighted by atomic mass is 10.0. The van der Waals surface area contributed by atoms with Gasteiger partial charge in [0, 0.05) is 5.56 Å². The summed E-state index contributed by atoms with van der Waals surface area (Å²) in [5, 5.41) is 3.90. The number of fused-ring (bicyclic) bond motifs is 1. The molecule has 8 heteroatoms. The maximum Gasteiger partial charge on any atom is 0.188 e. The van der Waals surface area contributed by atoms with Crippen LogP contribution in [0.5, 0.6) is 0 Å². The largest absolute Gasteiger partial charge is 0.361 e. The number of benzene rings is 1. The molecule has 0 bridgehead atoms. The molecule has 2 heterocycles. The molecule has 20 heavy (non-hydrogen) atoms. The van der Waals surface area contributed by atoms with Gasteiger partial charge in [-0.1, -0.05) is 5.16 Å². The number of aryl methyl sites for hydroxylation is 2. The van der Waals surface area contributed by atoms with Crippen LogP contribution >= 0.6 is 12.2 Å². The number of nitrogens with one attached hydrogen (secondary N) is 2. The fourth-order valence-corrected chi connectivity index (χ4v) is 3.06. The minimum atomic E-state index is -2.12. The zero-order valence-electron chi connectivity index (χ0n) is 10.7. The van der Waals surface area contributed by atoms with Gasteiger partial charge in [0.25, 0.3) is 0 Å². The van der Waals surface area contributed by atoms with Gasteiger partial charge in [-0.2, -0.15) is 0 Å². The van der Waals surface area contributed by atoms with Crippen molar-refractivity contribution in [2.45, 2.75) is 18.7 Å². The summed E-state index contributed by atoms with van der Waals surface area (Å²) < 4.78 is 26.5. The Hall–Kier alpha value is -1.77. The van der Waals surface area contributed by atoms with Crippen LogP contribution in [0.4, 0.5) is 0 Å². The van der Waals surface area contributed by atoms with Crippen LogP contribution in [0.25, 0.3) is 22.2 Å². The van der Waals surface area contributed by atoms with Gasteiger partial charge < -0.3 is 19.0 Å². The second-order valence-corrected chi connectivity index (χ2v) is 5.77. The van der Waals surface area contributed by atoms with Crippen LogP contribution < -0.4 is 0 Å². The predicted molar refractivity (Wildman–Crippen MR) is 77.5 cm³/mol. The lowest BCUT2D eigenvalue weighted by Gasteiger charge is -2.04. The van der Waals surface area contributed by atoms with Gasteiger partial charge >= 0.3 is 0 Å². The van der Waals surface area contributed by atoms with Crippen LogP contribution in [0.3, 0.4) is 0 Å². The summed E-state index contributed by atoms with van der Waals surface area (Å²) in [5.41, 5.74) is 3.51. The van der Waals surface area contributed by atoms with Crippen LogP contribution in [0.1, 0.15) is 11.5 Å². The SMILES string of the molecule is Cc1noc(C)c1-c1cc(S(=O)O)c2[nH]c(=S)[nH]c2c1. The molecule has 1 aromatic carbocycles. The first-order valence-corrected chi connectivity index (χ1v) is 7.29. The van der Waals surface area contributed by atoms with Crippen molar-refractivity contribution in [3.05, 3.63) is 28.4 Å². The quantitative estimate of drug-likeness (QED) is 0.499. The van der Waals surface area contributed by atoms with Crippen molar-refractivity contribution in [3.63, 3.8) is 0 Å². The van der Waals surface area contributed by atoms with E-state index in [1.54, 1.807) is 13.0 Å². The lowest BCUT2D eigenvalue weighted by molar-refractivity contribution is 0.393. The Kier molecular flexibility index (Phi) is 3.08. The van der Waals surface area contributed by atoms with Gasteiger partial charge in [0.15, 0.2) is 15.9 Å². The fourth-order valence-electron chi connectivity index (χ4n) is 2.29. The first kappa shape index (κ1) is 13.2. The van der Waals surface area contributed by atoms with Crippen LogP contribution in [0, 0.1) is 18.6 Å². The van der Waals surface area contributed by atoms with E-state index in [0.717, 1.165) is 16.8 Å². The lowest BCUT2D eigenvalue weighted by Crippen LogP contribution is -1.92. The molecule has 3 aromatic rings. The van der Waals surface area contributed by atoms with E-state index in [0.29, 0.717) is 21.6 Å². The van der Waals surface area contributed by atoms with Crippen molar-refractivity contribution in [2.24, 2.45) is 0 Å². The Labute approximate surface area is 121 Å². The fraction of sp³-hybridized carbons (Fsp3) is 0.167. The number of hydrogen-bond acceptors (Lipinski definition) is 4. The first-order chi connectivity index (χ1) is 9.47. The van der Waals surface area contributed by atoms with E-state index in [2.05, 4.69) is 15.1 Å². The highest BCUT2D eigenvalue weighted by Gasteiger charge is 2.17. The third kappa shape index (κ3) is 2.01. The summed E-state index contributed by atoms with van der Waals surface area (Å²) in [6.07, 6.45) is 0. The molecule has 3 rings (SSSR count). The molecule has 6 nitrogen and oxygen atoms in total. The molecule has 0 aliphatic heterocycles. The highest BCUT2D eigenvalue weighted by atomic mass is 32.2. The monoisotopic (exact) mass is 309 g/mol. The topological polar surface area (TPSA) is 94.9 Å². The zero-order chi connectivity index (χ0) is 14.4. The van der Waals surface area contributed by atoms with E-state index in [4.69, 9.17) is 16.7 Å². The Morgan fingerprint density at radius 2 is 2.10 bits per heavy atom. The van der Waals surface area contributed by atoms with Gasteiger partial charge in [-0.05, 0) is 43.8 Å². The van der Waals surface area contributed by atoms with Crippen molar-refractivity contribution in [1.82, 2.24) is 15.1 Å². The Bertz CT molecular complexity index is 872. The van der Waals surface area contributed by atoms with Crippen LogP contribution in [0.15, 0.2) is 21.6 Å². The van der Waals surface area contributed by atoms with Crippen LogP contribution in [-0.4, -0.2) is 23.9 Å². The van der Waals surface area contributed by atoms with E-state index in [1.165, 1.54) is 0 Å². The Morgan fingerprint density at radius 3 is 2.70 bits per heavy atom. The summed E-state index contributed by atoms with van der Waals surface area (Å²) >= 11 is 2.91. The summed E-state index contributed by atoms with van der Waals surface area (Å²) in [5.74, 6) is 0.658. The smallest absolute Gasteiger partial charge is 0.188 e. The second kappa shape index (κ2) is 4.65. The molecule has 2 aromatic heterocycles. The molecule has 1 atom stereocenters. The summed E-state index contributed by atoms with van der Waals surface area (Å²) in [7, 11) is 0. The number of aromatic nitrogens is 3. The third-order valence-corrected chi connectivity index (χ3v) is 4.00. The first-order valence-electron chi connectivity index (χ1n) is 5.77. The van der Waals surface area contributed by atoms with E-state index < -0.39 is 11.1 Å². The minimum Gasteiger partial charge on any atom is -0.361 e. The van der Waals surface area contributed by atoms with Gasteiger partial charge in [0.05, 0.1) is 21.6 Å². The number of imidazole rings is 1. The molecule has 1 unspecified atom stereocenters. The van der Waals surface area contributed by atoms with E-state index in [9.17, 15) is 8.76 Å². The normalized spacial score (nSPS) is 12.9. The standard InChI is InChI=1S/C12H11N3O3S2/c1-5-10(6(2)18-15-5)7-3-8-11(14-12(19)13-8)9(4-7)20(16)17/h3-4H,1-2H3,(H,16,17)(H2,13,14,19). The van der Waals surface area contributed by atoms with E-state index >= 15 is 0 Å². The molecule has 104 valence electrons. The highest BCUT2D eigenvalue weighted by molar-refractivity contribution is 7.79. The van der Waals surface area contributed by atoms with Crippen molar-refractivity contribution >= 4 is 34.3 Å². The van der Waals surface area contributed by atoms with Gasteiger partial charge in [-0.25, -0.2) is 4.21 Å². The second-order valence-electron chi connectivity index (χ2n) is 4.42. The van der Waals surface area contributed by atoms with Crippen molar-refractivity contribution in [3.8, 4) is 11.1 Å². The maximum absolute atomic E-state index is 11.5. The molecule has 0 aliphatic rings. The third-order valence-electron chi connectivity index (χ3n) is 3.10. The predicted octanol–water partition coefficient (Wildman–Crippen LogP) is 3.08. The minimum absolute atomic E-state index is 0.268. The number of nitrogens with zero attached hydrogens (tertiary/aromatic N) is 1. The summed E-state index contributed by atoms with van der Waals surface area (Å²) in [6.45, 7) is 3.62. The van der Waals surface area contributed by atoms with Gasteiger partial charge in [-0.15, -0.1) is 0 Å². The summed E-state index contributed by atoms with van der Waals surface area (Å²) in [4.78, 5) is 6.10. The highest BCUT2D eigenvalue weighted by Crippen LogP contribution is 2.31. The van der Waals surface area contributed by atoms with E-state index in [1.807, 2.05) is 13.0 Å². The Balaban J connectivity index is 2.38. The van der Waals surface area contributed by atoms with Crippen molar-refractivity contribution in [1.29, 1.82) is 0 Å². The maximum atomic E-state index is 11.5. The molecule has 0 amide bonds. The van der Waals surface area contributed by atoms with Crippen molar-refractivity contribution in [2.75, 3.05) is 0 Å². The molecule has 0 fully saturated rings. The molecule has 0 radical (unpaired) electrons. The van der Waals surface area contributed by atoms with Crippen molar-refractivity contribution < 1.29 is 13.3 Å². The molecule has 0 spiro atoms. The average Bonchev–Trinajstić information content (AvgIpc) is 2.90. The molecular weight excluding hydrogens is 298 g/mol. The van der Waals surface area contributed by atoms with E-state index in [-0.39, 0.29) is 4.90 Å². The molecule has 3 N–H and O–H groups in total. The summed E-state index contributed by atoms with van der Waals surface area (Å²) in [6, 6.07) is 3.49. The zero-order valence-corrected chi connectivity index (χ0v) is 12.3. The van der Waals surface area contributed by atoms with Crippen LogP contribution in [0.2, 0.25) is 0 Å². The Morgan fingerprint density at radius 1 is 1.35 bits per heavy atom. The number of rotatable bonds is 2. The number of H-pyrrole nitrogens is 2. The van der Waals surface area contributed by atoms with Gasteiger partial charge in [0.1, 0.15) is 5.76 Å². The van der Waals surface area contributed by atoms with Crippen LogP contribution in [-0.2, 0) is 11.1 Å². The van der Waals surface area contributed by atoms with Gasteiger partial charge in [-0.3, -0.25) is 0 Å². The van der Waals surface area contributed by atoms with Gasteiger partial charge in [0.2, 0.25) is 0 Å². The molecular formula is C12H11N3O3S2. The molecule has 0 saturated carbocycles. The molecule has 0 aliphatic carbocycles. The molecule has 0 saturated heterocycles. The average molecular weight is 309 g/mol. The number of hydrogen-bond donors (Lipinski definition) is 3. The number of aromatic amines is 2.